The van der Waals surface area contributed by atoms with Crippen LogP contribution in [0.5, 0.6) is 5.75 Å². The Morgan fingerprint density at radius 1 is 1.37 bits per heavy atom. The number of methoxy groups -OCH3 is 1. The van der Waals surface area contributed by atoms with E-state index in [1.165, 1.54) is 0 Å². The number of benzene rings is 1. The third kappa shape index (κ3) is 3.90. The van der Waals surface area contributed by atoms with E-state index in [9.17, 15) is 4.79 Å². The molecule has 0 bridgehead atoms. The van der Waals surface area contributed by atoms with Crippen LogP contribution in [0, 0.1) is 5.92 Å². The summed E-state index contributed by atoms with van der Waals surface area (Å²) in [5, 5.41) is 0. The van der Waals surface area contributed by atoms with Gasteiger partial charge in [-0.2, -0.15) is 0 Å². The molecule has 0 radical (unpaired) electrons. The minimum atomic E-state index is 0.239. The number of likely N-dealkylation sites (tertiary alicyclic amines) is 1. The van der Waals surface area contributed by atoms with Crippen LogP contribution in [-0.4, -0.2) is 36.8 Å². The smallest absolute Gasteiger partial charge is 0.232 e. The summed E-state index contributed by atoms with van der Waals surface area (Å²) in [6.45, 7) is 4.07. The maximum absolute atomic E-state index is 12.1. The highest BCUT2D eigenvalue weighted by Gasteiger charge is 2.20. The number of hydrogen-bond donors (Lipinski definition) is 0. The summed E-state index contributed by atoms with van der Waals surface area (Å²) in [7, 11) is 1.66. The molecule has 2 rings (SSSR count). The Hall–Kier alpha value is -1.16. The molecule has 0 aliphatic carbocycles. The maximum Gasteiger partial charge on any atom is 0.232 e. The summed E-state index contributed by atoms with van der Waals surface area (Å²) in [4.78, 5) is 15.2. The number of nitrogens with zero attached hydrogens (tertiary/aromatic N) is 1. The van der Waals surface area contributed by atoms with Crippen molar-refractivity contribution in [1.82, 2.24) is 4.90 Å². The van der Waals surface area contributed by atoms with Crippen molar-refractivity contribution in [3.05, 3.63) is 24.3 Å². The fourth-order valence-electron chi connectivity index (χ4n) is 2.23. The minimum Gasteiger partial charge on any atom is -0.496 e. The van der Waals surface area contributed by atoms with Crippen molar-refractivity contribution in [3.8, 4) is 5.75 Å². The number of rotatable bonds is 4. The summed E-state index contributed by atoms with van der Waals surface area (Å²) >= 11 is 1.56. The van der Waals surface area contributed by atoms with Crippen molar-refractivity contribution in [1.29, 1.82) is 0 Å². The summed E-state index contributed by atoms with van der Waals surface area (Å²) in [6, 6.07) is 7.83. The zero-order valence-corrected chi connectivity index (χ0v) is 12.4. The molecule has 1 aliphatic rings. The summed E-state index contributed by atoms with van der Waals surface area (Å²) in [6.07, 6.45) is 2.26. The molecule has 4 heteroatoms. The van der Waals surface area contributed by atoms with Crippen molar-refractivity contribution in [2.24, 2.45) is 5.92 Å². The van der Waals surface area contributed by atoms with E-state index in [0.29, 0.717) is 5.75 Å². The summed E-state index contributed by atoms with van der Waals surface area (Å²) < 4.78 is 5.29. The Labute approximate surface area is 119 Å². The third-order valence-electron chi connectivity index (χ3n) is 3.56. The van der Waals surface area contributed by atoms with Gasteiger partial charge in [-0.1, -0.05) is 19.1 Å². The van der Waals surface area contributed by atoms with Crippen molar-refractivity contribution >= 4 is 17.7 Å². The Balaban J connectivity index is 1.86. The largest absolute Gasteiger partial charge is 0.496 e. The highest BCUT2D eigenvalue weighted by molar-refractivity contribution is 8.00. The van der Waals surface area contributed by atoms with E-state index >= 15 is 0 Å². The van der Waals surface area contributed by atoms with Crippen LogP contribution in [0.1, 0.15) is 19.8 Å². The number of thioether (sulfide) groups is 1. The van der Waals surface area contributed by atoms with E-state index < -0.39 is 0 Å². The van der Waals surface area contributed by atoms with Gasteiger partial charge < -0.3 is 9.64 Å². The topological polar surface area (TPSA) is 29.5 Å². The van der Waals surface area contributed by atoms with Gasteiger partial charge in [-0.05, 0) is 30.9 Å². The zero-order chi connectivity index (χ0) is 13.7. The quantitative estimate of drug-likeness (QED) is 0.793. The van der Waals surface area contributed by atoms with Crippen LogP contribution in [0.2, 0.25) is 0 Å². The predicted octanol–water partition coefficient (Wildman–Crippen LogP) is 3.05. The van der Waals surface area contributed by atoms with Crippen LogP contribution < -0.4 is 4.74 Å². The molecule has 1 aromatic rings. The number of amides is 1. The van der Waals surface area contributed by atoms with E-state index in [4.69, 9.17) is 4.74 Å². The first-order valence-electron chi connectivity index (χ1n) is 6.74. The van der Waals surface area contributed by atoms with Gasteiger partial charge in [-0.25, -0.2) is 0 Å². The monoisotopic (exact) mass is 279 g/mol. The van der Waals surface area contributed by atoms with Crippen LogP contribution in [0.15, 0.2) is 29.2 Å². The van der Waals surface area contributed by atoms with Crippen LogP contribution in [0.3, 0.4) is 0 Å². The first-order chi connectivity index (χ1) is 9.20. The molecule has 104 valence electrons. The van der Waals surface area contributed by atoms with Crippen molar-refractivity contribution in [2.75, 3.05) is 26.0 Å². The highest BCUT2D eigenvalue weighted by Crippen LogP contribution is 2.29. The molecule has 3 nitrogen and oxygen atoms in total. The second-order valence-corrected chi connectivity index (χ2v) is 6.02. The molecule has 0 spiro atoms. The molecule has 0 saturated carbocycles. The van der Waals surface area contributed by atoms with E-state index in [-0.39, 0.29) is 5.91 Å². The van der Waals surface area contributed by atoms with E-state index in [1.807, 2.05) is 29.2 Å². The van der Waals surface area contributed by atoms with E-state index in [1.54, 1.807) is 18.9 Å². The molecule has 1 aromatic carbocycles. The predicted molar refractivity (Wildman–Crippen MR) is 78.7 cm³/mol. The molecule has 1 amide bonds. The van der Waals surface area contributed by atoms with Gasteiger partial charge in [0.2, 0.25) is 5.91 Å². The molecular formula is C15H21NO2S. The summed E-state index contributed by atoms with van der Waals surface area (Å²) in [5.41, 5.74) is 0. The molecule has 0 aromatic heterocycles. The average Bonchev–Trinajstić information content (AvgIpc) is 2.45. The lowest BCUT2D eigenvalue weighted by Gasteiger charge is -2.30. The van der Waals surface area contributed by atoms with Gasteiger partial charge in [0.1, 0.15) is 5.75 Å². The van der Waals surface area contributed by atoms with E-state index in [0.717, 1.165) is 42.5 Å². The van der Waals surface area contributed by atoms with Crippen molar-refractivity contribution in [2.45, 2.75) is 24.7 Å². The molecule has 19 heavy (non-hydrogen) atoms. The van der Waals surface area contributed by atoms with Crippen molar-refractivity contribution < 1.29 is 9.53 Å². The molecule has 0 atom stereocenters. The molecule has 1 heterocycles. The first-order valence-corrected chi connectivity index (χ1v) is 7.73. The zero-order valence-electron chi connectivity index (χ0n) is 11.6. The highest BCUT2D eigenvalue weighted by atomic mass is 32.2. The lowest BCUT2D eigenvalue weighted by molar-refractivity contribution is -0.129. The Morgan fingerprint density at radius 3 is 2.74 bits per heavy atom. The van der Waals surface area contributed by atoms with Crippen LogP contribution in [0.4, 0.5) is 0 Å². The lowest BCUT2D eigenvalue weighted by Crippen LogP contribution is -2.38. The molecule has 1 saturated heterocycles. The molecule has 1 fully saturated rings. The van der Waals surface area contributed by atoms with Crippen LogP contribution >= 0.6 is 11.8 Å². The van der Waals surface area contributed by atoms with Gasteiger partial charge in [0.05, 0.1) is 12.9 Å². The van der Waals surface area contributed by atoms with Gasteiger partial charge in [-0.15, -0.1) is 11.8 Å². The molecular weight excluding hydrogens is 258 g/mol. The van der Waals surface area contributed by atoms with Crippen LogP contribution in [0.25, 0.3) is 0 Å². The van der Waals surface area contributed by atoms with Gasteiger partial charge >= 0.3 is 0 Å². The number of piperidine rings is 1. The second kappa shape index (κ2) is 6.85. The minimum absolute atomic E-state index is 0.239. The number of carbonyl (C=O) groups excluding carboxylic acids is 1. The lowest BCUT2D eigenvalue weighted by atomic mass is 9.99. The Morgan fingerprint density at radius 2 is 2.05 bits per heavy atom. The molecule has 0 unspecified atom stereocenters. The fraction of sp³-hybridized carbons (Fsp3) is 0.533. The normalized spacial score (nSPS) is 16.4. The van der Waals surface area contributed by atoms with Gasteiger partial charge in [0.25, 0.3) is 0 Å². The third-order valence-corrected chi connectivity index (χ3v) is 4.60. The number of carbonyl (C=O) groups is 1. The van der Waals surface area contributed by atoms with E-state index in [2.05, 4.69) is 6.92 Å². The van der Waals surface area contributed by atoms with Crippen LogP contribution in [-0.2, 0) is 4.79 Å². The summed E-state index contributed by atoms with van der Waals surface area (Å²) in [5.74, 6) is 2.33. The Kier molecular flexibility index (Phi) is 5.14. The maximum atomic E-state index is 12.1. The van der Waals surface area contributed by atoms with Gasteiger partial charge in [-0.3, -0.25) is 4.79 Å². The molecule has 1 aliphatic heterocycles. The van der Waals surface area contributed by atoms with Gasteiger partial charge in [0.15, 0.2) is 0 Å². The number of ether oxygens (including phenoxy) is 1. The number of hydrogen-bond acceptors (Lipinski definition) is 3. The SMILES string of the molecule is COc1ccccc1SCC(=O)N1CCC(C)CC1. The number of para-hydroxylation sites is 1. The van der Waals surface area contributed by atoms with Gasteiger partial charge in [0, 0.05) is 18.0 Å². The average molecular weight is 279 g/mol. The first kappa shape index (κ1) is 14.3. The molecule has 0 N–H and O–H groups in total. The second-order valence-electron chi connectivity index (χ2n) is 5.00. The fourth-order valence-corrected chi connectivity index (χ4v) is 3.16. The van der Waals surface area contributed by atoms with Crippen molar-refractivity contribution in [3.63, 3.8) is 0 Å². The standard InChI is InChI=1S/C15H21NO2S/c1-12-7-9-16(10-8-12)15(17)11-19-14-6-4-3-5-13(14)18-2/h3-6,12H,7-11H2,1-2H3. The Bertz CT molecular complexity index is 428.